The van der Waals surface area contributed by atoms with Crippen molar-refractivity contribution in [2.24, 2.45) is 0 Å². The van der Waals surface area contributed by atoms with Crippen LogP contribution in [0.2, 0.25) is 0 Å². The van der Waals surface area contributed by atoms with E-state index in [-0.39, 0.29) is 0 Å². The lowest BCUT2D eigenvalue weighted by Gasteiger charge is -2.10. The van der Waals surface area contributed by atoms with Crippen LogP contribution in [-0.4, -0.2) is 9.97 Å². The second-order valence-corrected chi connectivity index (χ2v) is 7.47. The van der Waals surface area contributed by atoms with Crippen LogP contribution in [0.5, 0.6) is 0 Å². The Balaban J connectivity index is 1.65. The molecule has 0 N–H and O–H groups in total. The van der Waals surface area contributed by atoms with Gasteiger partial charge < -0.3 is 0 Å². The number of benzene rings is 4. The van der Waals surface area contributed by atoms with Crippen LogP contribution in [0, 0.1) is 11.3 Å². The highest BCUT2D eigenvalue weighted by molar-refractivity contribution is 5.76. The molecular weight excluding hydrogens is 390 g/mol. The molecule has 150 valence electrons. The average molecular weight is 409 g/mol. The molecule has 5 rings (SSSR count). The Morgan fingerprint density at radius 3 is 1.69 bits per heavy atom. The van der Waals surface area contributed by atoms with E-state index in [0.29, 0.717) is 11.4 Å². The molecule has 32 heavy (non-hydrogen) atoms. The Kier molecular flexibility index (Phi) is 5.26. The number of nitrogens with zero attached hydrogens (tertiary/aromatic N) is 3. The van der Waals surface area contributed by atoms with Crippen LogP contribution < -0.4 is 0 Å². The molecule has 0 aliphatic heterocycles. The van der Waals surface area contributed by atoms with Gasteiger partial charge in [0.2, 0.25) is 0 Å². The topological polar surface area (TPSA) is 49.6 Å². The normalized spacial score (nSPS) is 10.5. The van der Waals surface area contributed by atoms with Gasteiger partial charge >= 0.3 is 0 Å². The third kappa shape index (κ3) is 4.03. The zero-order chi connectivity index (χ0) is 21.8. The molecule has 3 heteroatoms. The van der Waals surface area contributed by atoms with Crippen LogP contribution in [0.4, 0.5) is 0 Å². The number of hydrogen-bond donors (Lipinski definition) is 0. The summed E-state index contributed by atoms with van der Waals surface area (Å²) in [6.07, 6.45) is 0. The molecule has 0 bridgehead atoms. The third-order valence-corrected chi connectivity index (χ3v) is 5.31. The Bertz CT molecular complexity index is 1360. The SMILES string of the molecule is N#Cc1cccc(-c2cccc(-c3cc(-c4ccccc4)nc(-c4ccccc4)n3)c2)c1. The van der Waals surface area contributed by atoms with Crippen LogP contribution in [-0.2, 0) is 0 Å². The van der Waals surface area contributed by atoms with E-state index in [1.165, 1.54) is 0 Å². The van der Waals surface area contributed by atoms with Gasteiger partial charge in [-0.15, -0.1) is 0 Å². The van der Waals surface area contributed by atoms with E-state index in [4.69, 9.17) is 9.97 Å². The van der Waals surface area contributed by atoms with Gasteiger partial charge in [-0.3, -0.25) is 0 Å². The van der Waals surface area contributed by atoms with Crippen LogP contribution in [0.15, 0.2) is 115 Å². The summed E-state index contributed by atoms with van der Waals surface area (Å²) in [6.45, 7) is 0. The molecule has 3 nitrogen and oxygen atoms in total. The summed E-state index contributed by atoms with van der Waals surface area (Å²) in [5.41, 5.74) is 7.46. The first-order valence-corrected chi connectivity index (χ1v) is 10.4. The number of nitriles is 1. The predicted molar refractivity (Wildman–Crippen MR) is 128 cm³/mol. The molecular formula is C29H19N3. The zero-order valence-electron chi connectivity index (χ0n) is 17.3. The van der Waals surface area contributed by atoms with Gasteiger partial charge in [0.15, 0.2) is 5.82 Å². The van der Waals surface area contributed by atoms with Crippen molar-refractivity contribution in [2.75, 3.05) is 0 Å². The summed E-state index contributed by atoms with van der Waals surface area (Å²) in [5.74, 6) is 0.693. The Morgan fingerprint density at radius 1 is 0.469 bits per heavy atom. The molecule has 1 aromatic heterocycles. The summed E-state index contributed by atoms with van der Waals surface area (Å²) in [4.78, 5) is 9.76. The maximum Gasteiger partial charge on any atom is 0.160 e. The highest BCUT2D eigenvalue weighted by Gasteiger charge is 2.11. The first-order valence-electron chi connectivity index (χ1n) is 10.4. The highest BCUT2D eigenvalue weighted by Crippen LogP contribution is 2.30. The van der Waals surface area contributed by atoms with E-state index in [1.807, 2.05) is 84.9 Å². The van der Waals surface area contributed by atoms with E-state index in [0.717, 1.165) is 39.2 Å². The largest absolute Gasteiger partial charge is 0.228 e. The standard InChI is InChI=1S/C29H19N3/c30-20-21-9-7-14-24(17-21)25-15-8-16-26(18-25)28-19-27(22-10-3-1-4-11-22)31-29(32-28)23-12-5-2-6-13-23/h1-19H. The first-order chi connectivity index (χ1) is 15.8. The van der Waals surface area contributed by atoms with Gasteiger partial charge in [0, 0.05) is 16.7 Å². The molecule has 0 saturated heterocycles. The van der Waals surface area contributed by atoms with Crippen molar-refractivity contribution >= 4 is 0 Å². The minimum Gasteiger partial charge on any atom is -0.228 e. The van der Waals surface area contributed by atoms with Gasteiger partial charge in [-0.05, 0) is 35.4 Å². The van der Waals surface area contributed by atoms with Crippen LogP contribution in [0.3, 0.4) is 0 Å². The lowest BCUT2D eigenvalue weighted by molar-refractivity contribution is 1.18. The smallest absolute Gasteiger partial charge is 0.160 e. The number of rotatable bonds is 4. The quantitative estimate of drug-likeness (QED) is 0.320. The van der Waals surface area contributed by atoms with Gasteiger partial charge in [-0.25, -0.2) is 9.97 Å². The molecule has 5 aromatic rings. The summed E-state index contributed by atoms with van der Waals surface area (Å²) < 4.78 is 0. The van der Waals surface area contributed by atoms with Crippen LogP contribution in [0.25, 0.3) is 45.0 Å². The van der Waals surface area contributed by atoms with E-state index < -0.39 is 0 Å². The lowest BCUT2D eigenvalue weighted by atomic mass is 9.99. The van der Waals surface area contributed by atoms with Gasteiger partial charge in [0.1, 0.15) is 0 Å². The van der Waals surface area contributed by atoms with Crippen molar-refractivity contribution in [1.29, 1.82) is 5.26 Å². The van der Waals surface area contributed by atoms with Crippen molar-refractivity contribution in [1.82, 2.24) is 9.97 Å². The molecule has 0 saturated carbocycles. The van der Waals surface area contributed by atoms with Crippen molar-refractivity contribution in [3.63, 3.8) is 0 Å². The summed E-state index contributed by atoms with van der Waals surface area (Å²) in [6, 6.07) is 40.3. The molecule has 0 spiro atoms. The van der Waals surface area contributed by atoms with Crippen molar-refractivity contribution in [2.45, 2.75) is 0 Å². The van der Waals surface area contributed by atoms with Crippen molar-refractivity contribution < 1.29 is 0 Å². The summed E-state index contributed by atoms with van der Waals surface area (Å²) in [7, 11) is 0. The monoisotopic (exact) mass is 409 g/mol. The van der Waals surface area contributed by atoms with E-state index in [1.54, 1.807) is 0 Å². The first kappa shape index (κ1) is 19.4. The van der Waals surface area contributed by atoms with Gasteiger partial charge in [0.25, 0.3) is 0 Å². The average Bonchev–Trinajstić information content (AvgIpc) is 2.89. The maximum atomic E-state index is 9.25. The zero-order valence-corrected chi connectivity index (χ0v) is 17.3. The van der Waals surface area contributed by atoms with Crippen LogP contribution in [0.1, 0.15) is 5.56 Å². The van der Waals surface area contributed by atoms with Crippen molar-refractivity contribution in [3.8, 4) is 51.1 Å². The third-order valence-electron chi connectivity index (χ3n) is 5.31. The predicted octanol–water partition coefficient (Wildman–Crippen LogP) is 7.02. The molecule has 4 aromatic carbocycles. The molecule has 0 amide bonds. The highest BCUT2D eigenvalue weighted by atomic mass is 14.9. The summed E-state index contributed by atoms with van der Waals surface area (Å²) >= 11 is 0. The number of hydrogen-bond acceptors (Lipinski definition) is 3. The minimum atomic E-state index is 0.646. The molecule has 0 radical (unpaired) electrons. The Hall–Kier alpha value is -4.55. The molecule has 0 aliphatic rings. The van der Waals surface area contributed by atoms with E-state index in [2.05, 4.69) is 36.4 Å². The molecule has 1 heterocycles. The van der Waals surface area contributed by atoms with Gasteiger partial charge in [-0.2, -0.15) is 5.26 Å². The van der Waals surface area contributed by atoms with Gasteiger partial charge in [0.05, 0.1) is 23.0 Å². The maximum absolute atomic E-state index is 9.25. The van der Waals surface area contributed by atoms with Crippen molar-refractivity contribution in [3.05, 3.63) is 121 Å². The minimum absolute atomic E-state index is 0.646. The molecule has 0 aliphatic carbocycles. The van der Waals surface area contributed by atoms with E-state index >= 15 is 0 Å². The fourth-order valence-corrected chi connectivity index (χ4v) is 3.69. The summed E-state index contributed by atoms with van der Waals surface area (Å²) in [5, 5.41) is 9.25. The van der Waals surface area contributed by atoms with Crippen LogP contribution >= 0.6 is 0 Å². The fraction of sp³-hybridized carbons (Fsp3) is 0. The molecule has 0 fully saturated rings. The van der Waals surface area contributed by atoms with Gasteiger partial charge in [-0.1, -0.05) is 91.0 Å². The molecule has 0 atom stereocenters. The second-order valence-electron chi connectivity index (χ2n) is 7.47. The van der Waals surface area contributed by atoms with E-state index in [9.17, 15) is 5.26 Å². The Labute approximate surface area is 187 Å². The fourth-order valence-electron chi connectivity index (χ4n) is 3.69. The lowest BCUT2D eigenvalue weighted by Crippen LogP contribution is -1.96. The number of aromatic nitrogens is 2. The Morgan fingerprint density at radius 2 is 1.00 bits per heavy atom. The second kappa shape index (κ2) is 8.67. The molecule has 0 unspecified atom stereocenters.